The third-order valence-corrected chi connectivity index (χ3v) is 4.82. The third kappa shape index (κ3) is 5.75. The van der Waals surface area contributed by atoms with Crippen molar-refractivity contribution in [3.63, 3.8) is 0 Å². The molecule has 0 aliphatic heterocycles. The Hall–Kier alpha value is -2.07. The van der Waals surface area contributed by atoms with E-state index in [9.17, 15) is 4.79 Å². The molecule has 1 aliphatic rings. The molecule has 4 nitrogen and oxygen atoms in total. The largest absolute Gasteiger partial charge is 0.464 e. The molecule has 2 aromatic rings. The lowest BCUT2D eigenvalue weighted by Crippen LogP contribution is -2.36. The lowest BCUT2D eigenvalue weighted by molar-refractivity contribution is -0.119. The van der Waals surface area contributed by atoms with E-state index in [2.05, 4.69) is 23.5 Å². The van der Waals surface area contributed by atoms with Crippen LogP contribution in [0.3, 0.4) is 0 Å². The van der Waals surface area contributed by atoms with Gasteiger partial charge in [0.15, 0.2) is 0 Å². The van der Waals surface area contributed by atoms with Crippen LogP contribution in [-0.4, -0.2) is 11.9 Å². The van der Waals surface area contributed by atoms with Crippen molar-refractivity contribution in [2.24, 2.45) is 5.92 Å². The lowest BCUT2D eigenvalue weighted by Gasteiger charge is -2.28. The first kappa shape index (κ1) is 17.7. The monoisotopic (exact) mass is 341 g/mol. The van der Waals surface area contributed by atoms with Crippen molar-refractivity contribution in [3.05, 3.63) is 59.5 Å². The second kappa shape index (κ2) is 8.86. The van der Waals surface area contributed by atoms with Gasteiger partial charge in [-0.25, -0.2) is 0 Å². The Bertz CT molecular complexity index is 657. The first-order valence-corrected chi connectivity index (χ1v) is 9.15. The second-order valence-electron chi connectivity index (χ2n) is 6.97. The molecule has 0 bridgehead atoms. The maximum Gasteiger partial charge on any atom is 0.217 e. The highest BCUT2D eigenvalue weighted by molar-refractivity contribution is 5.73. The first-order valence-electron chi connectivity index (χ1n) is 9.15. The van der Waals surface area contributed by atoms with E-state index in [1.54, 1.807) is 6.92 Å². The Morgan fingerprint density at radius 2 is 1.76 bits per heavy atom. The Kier molecular flexibility index (Phi) is 6.29. The van der Waals surface area contributed by atoms with Crippen LogP contribution < -0.4 is 5.32 Å². The molecule has 1 aromatic carbocycles. The molecular formula is C21H27NO3. The molecule has 1 aromatic heterocycles. The molecule has 1 heterocycles. The zero-order valence-electron chi connectivity index (χ0n) is 14.9. The number of hydrogen-bond donors (Lipinski definition) is 1. The molecular weight excluding hydrogens is 314 g/mol. The molecule has 3 rings (SSSR count). The van der Waals surface area contributed by atoms with Gasteiger partial charge in [-0.3, -0.25) is 4.79 Å². The molecule has 1 fully saturated rings. The van der Waals surface area contributed by atoms with E-state index in [0.717, 1.165) is 43.6 Å². The van der Waals surface area contributed by atoms with Gasteiger partial charge in [0, 0.05) is 19.4 Å². The van der Waals surface area contributed by atoms with Crippen LogP contribution in [0.1, 0.15) is 49.7 Å². The molecule has 0 radical (unpaired) electrons. The van der Waals surface area contributed by atoms with Gasteiger partial charge in [-0.15, -0.1) is 0 Å². The molecule has 0 spiro atoms. The fourth-order valence-corrected chi connectivity index (χ4v) is 3.54. The van der Waals surface area contributed by atoms with Crippen molar-refractivity contribution >= 4 is 5.91 Å². The van der Waals surface area contributed by atoms with Gasteiger partial charge in [-0.2, -0.15) is 0 Å². The van der Waals surface area contributed by atoms with Crippen molar-refractivity contribution in [2.45, 2.75) is 58.3 Å². The van der Waals surface area contributed by atoms with Gasteiger partial charge < -0.3 is 14.5 Å². The van der Waals surface area contributed by atoms with Crippen molar-refractivity contribution < 1.29 is 13.9 Å². The van der Waals surface area contributed by atoms with Crippen LogP contribution in [0.25, 0.3) is 0 Å². The first-order chi connectivity index (χ1) is 12.2. The Balaban J connectivity index is 1.39. The normalized spacial score (nSPS) is 20.4. The minimum absolute atomic E-state index is 0.0784. The van der Waals surface area contributed by atoms with E-state index in [1.807, 2.05) is 24.3 Å². The zero-order valence-corrected chi connectivity index (χ0v) is 14.9. The number of ether oxygens (including phenoxy) is 1. The van der Waals surface area contributed by atoms with Gasteiger partial charge in [-0.05, 0) is 49.3 Å². The molecule has 0 unspecified atom stereocenters. The number of furan rings is 1. The fourth-order valence-electron chi connectivity index (χ4n) is 3.54. The van der Waals surface area contributed by atoms with Crippen LogP contribution in [0.4, 0.5) is 0 Å². The van der Waals surface area contributed by atoms with Crippen LogP contribution in [0.5, 0.6) is 0 Å². The molecule has 1 N–H and O–H groups in total. The maximum absolute atomic E-state index is 11.1. The summed E-state index contributed by atoms with van der Waals surface area (Å²) in [5.74, 6) is 2.66. The van der Waals surface area contributed by atoms with Crippen molar-refractivity contribution in [2.75, 3.05) is 0 Å². The molecule has 1 aliphatic carbocycles. The summed E-state index contributed by atoms with van der Waals surface area (Å²) >= 11 is 0. The minimum atomic E-state index is 0.0784. The summed E-state index contributed by atoms with van der Waals surface area (Å²) in [5, 5.41) is 3.03. The summed E-state index contributed by atoms with van der Waals surface area (Å²) in [4.78, 5) is 11.1. The predicted molar refractivity (Wildman–Crippen MR) is 96.9 cm³/mol. The van der Waals surface area contributed by atoms with Crippen LogP contribution in [0.2, 0.25) is 0 Å². The van der Waals surface area contributed by atoms with Crippen LogP contribution in [-0.2, 0) is 29.2 Å². The standard InChI is InChI=1S/C21H27NO3/c1-16(23)22-19-9-7-17(8-10-19)13-20-11-12-21(25-20)15-24-14-18-5-3-2-4-6-18/h2-6,11-12,17,19H,7-10,13-15H2,1H3,(H,22,23). The van der Waals surface area contributed by atoms with Crippen molar-refractivity contribution in [1.29, 1.82) is 0 Å². The van der Waals surface area contributed by atoms with Gasteiger partial charge in [0.2, 0.25) is 5.91 Å². The number of hydrogen-bond acceptors (Lipinski definition) is 3. The van der Waals surface area contributed by atoms with Crippen LogP contribution in [0.15, 0.2) is 46.9 Å². The zero-order chi connectivity index (χ0) is 17.5. The summed E-state index contributed by atoms with van der Waals surface area (Å²) in [7, 11) is 0. The van der Waals surface area contributed by atoms with Gasteiger partial charge in [0.25, 0.3) is 0 Å². The second-order valence-corrected chi connectivity index (χ2v) is 6.97. The summed E-state index contributed by atoms with van der Waals surface area (Å²) in [6.45, 7) is 2.70. The van der Waals surface area contributed by atoms with Crippen molar-refractivity contribution in [3.8, 4) is 0 Å². The Labute approximate surface area is 149 Å². The highest BCUT2D eigenvalue weighted by atomic mass is 16.5. The number of nitrogens with one attached hydrogen (secondary N) is 1. The van der Waals surface area contributed by atoms with E-state index in [1.165, 1.54) is 5.56 Å². The minimum Gasteiger partial charge on any atom is -0.464 e. The highest BCUT2D eigenvalue weighted by Gasteiger charge is 2.22. The van der Waals surface area contributed by atoms with Gasteiger partial charge in [0.05, 0.1) is 6.61 Å². The average Bonchev–Trinajstić information content (AvgIpc) is 3.04. The maximum atomic E-state index is 11.1. The molecule has 0 atom stereocenters. The highest BCUT2D eigenvalue weighted by Crippen LogP contribution is 2.28. The average molecular weight is 341 g/mol. The number of carbonyl (C=O) groups excluding carboxylic acids is 1. The summed E-state index contributed by atoms with van der Waals surface area (Å²) in [6, 6.07) is 14.6. The molecule has 134 valence electrons. The molecule has 1 saturated carbocycles. The van der Waals surface area contributed by atoms with E-state index in [4.69, 9.17) is 9.15 Å². The van der Waals surface area contributed by atoms with E-state index in [-0.39, 0.29) is 5.91 Å². The number of carbonyl (C=O) groups is 1. The summed E-state index contributed by atoms with van der Waals surface area (Å²) in [6.07, 6.45) is 5.40. The number of amides is 1. The van der Waals surface area contributed by atoms with Gasteiger partial charge in [0.1, 0.15) is 18.1 Å². The quantitative estimate of drug-likeness (QED) is 0.820. The predicted octanol–water partition coefficient (Wildman–Crippen LogP) is 4.23. The van der Waals surface area contributed by atoms with E-state index in [0.29, 0.717) is 25.2 Å². The van der Waals surface area contributed by atoms with E-state index >= 15 is 0 Å². The summed E-state index contributed by atoms with van der Waals surface area (Å²) in [5.41, 5.74) is 1.17. The fraction of sp³-hybridized carbons (Fsp3) is 0.476. The Morgan fingerprint density at radius 1 is 1.04 bits per heavy atom. The molecule has 25 heavy (non-hydrogen) atoms. The van der Waals surface area contributed by atoms with Crippen LogP contribution >= 0.6 is 0 Å². The third-order valence-electron chi connectivity index (χ3n) is 4.82. The number of benzene rings is 1. The SMILES string of the molecule is CC(=O)NC1CCC(Cc2ccc(COCc3ccccc3)o2)CC1. The van der Waals surface area contributed by atoms with Gasteiger partial charge >= 0.3 is 0 Å². The molecule has 4 heteroatoms. The van der Waals surface area contributed by atoms with Crippen LogP contribution in [0, 0.1) is 5.92 Å². The molecule has 0 saturated heterocycles. The van der Waals surface area contributed by atoms with Gasteiger partial charge in [-0.1, -0.05) is 30.3 Å². The van der Waals surface area contributed by atoms with Crippen molar-refractivity contribution in [1.82, 2.24) is 5.32 Å². The summed E-state index contributed by atoms with van der Waals surface area (Å²) < 4.78 is 11.6. The van der Waals surface area contributed by atoms with E-state index < -0.39 is 0 Å². The topological polar surface area (TPSA) is 51.5 Å². The molecule has 1 amide bonds. The lowest BCUT2D eigenvalue weighted by atomic mass is 9.83. The number of rotatable bonds is 7. The Morgan fingerprint density at radius 3 is 2.48 bits per heavy atom. The smallest absolute Gasteiger partial charge is 0.217 e.